The van der Waals surface area contributed by atoms with Crippen LogP contribution in [0.1, 0.15) is 82.8 Å². The highest BCUT2D eigenvalue weighted by molar-refractivity contribution is 5.80. The second-order valence-electron chi connectivity index (χ2n) is 9.50. The van der Waals surface area contributed by atoms with Crippen molar-refractivity contribution in [3.63, 3.8) is 0 Å². The molecule has 31 heavy (non-hydrogen) atoms. The van der Waals surface area contributed by atoms with Gasteiger partial charge in [-0.1, -0.05) is 19.3 Å². The molecule has 0 unspecified atom stereocenters. The number of rotatable bonds is 8. The largest absolute Gasteiger partial charge is 0.378 e. The van der Waals surface area contributed by atoms with E-state index in [4.69, 9.17) is 9.73 Å². The highest BCUT2D eigenvalue weighted by Gasteiger charge is 2.24. The lowest BCUT2D eigenvalue weighted by Crippen LogP contribution is -2.47. The number of nitrogens with zero attached hydrogens (tertiary/aromatic N) is 5. The van der Waals surface area contributed by atoms with Gasteiger partial charge in [-0.3, -0.25) is 4.99 Å². The van der Waals surface area contributed by atoms with E-state index in [0.29, 0.717) is 6.10 Å². The molecule has 0 spiro atoms. The SMILES string of the molecule is CCNC(=NCCCc1nnc2n1CCCCC2)N1CCC(OCC2CCCC2)CC1. The monoisotopic (exact) mass is 430 g/mol. The number of likely N-dealkylation sites (tertiary alicyclic amines) is 1. The Morgan fingerprint density at radius 1 is 1.03 bits per heavy atom. The lowest BCUT2D eigenvalue weighted by molar-refractivity contribution is 0.00102. The summed E-state index contributed by atoms with van der Waals surface area (Å²) in [6.07, 6.45) is 15.1. The number of nitrogens with one attached hydrogen (secondary N) is 1. The zero-order valence-electron chi connectivity index (χ0n) is 19.5. The molecule has 1 N–H and O–H groups in total. The van der Waals surface area contributed by atoms with Crippen LogP contribution in [0.5, 0.6) is 0 Å². The van der Waals surface area contributed by atoms with Crippen LogP contribution in [0, 0.1) is 5.92 Å². The number of aryl methyl sites for hydroxylation is 2. The lowest BCUT2D eigenvalue weighted by Gasteiger charge is -2.34. The van der Waals surface area contributed by atoms with Crippen LogP contribution in [0.2, 0.25) is 0 Å². The van der Waals surface area contributed by atoms with Crippen LogP contribution in [0.4, 0.5) is 0 Å². The molecule has 2 aliphatic heterocycles. The molecule has 0 atom stereocenters. The van der Waals surface area contributed by atoms with Crippen LogP contribution >= 0.6 is 0 Å². The molecule has 0 amide bonds. The second-order valence-corrected chi connectivity index (χ2v) is 9.50. The first-order valence-electron chi connectivity index (χ1n) is 12.9. The van der Waals surface area contributed by atoms with Gasteiger partial charge in [0.2, 0.25) is 0 Å². The van der Waals surface area contributed by atoms with Crippen LogP contribution in [0.3, 0.4) is 0 Å². The van der Waals surface area contributed by atoms with Crippen LogP contribution in [-0.4, -0.2) is 64.5 Å². The first kappa shape index (κ1) is 22.6. The van der Waals surface area contributed by atoms with Crippen molar-refractivity contribution in [2.45, 2.75) is 96.6 Å². The molecule has 3 aliphatic rings. The zero-order chi connectivity index (χ0) is 21.3. The van der Waals surface area contributed by atoms with Gasteiger partial charge < -0.3 is 19.5 Å². The molecule has 174 valence electrons. The van der Waals surface area contributed by atoms with E-state index in [2.05, 4.69) is 31.9 Å². The molecule has 1 aliphatic carbocycles. The Kier molecular flexibility index (Phi) is 8.62. The predicted molar refractivity (Wildman–Crippen MR) is 124 cm³/mol. The van der Waals surface area contributed by atoms with Gasteiger partial charge in [0.25, 0.3) is 0 Å². The van der Waals surface area contributed by atoms with Crippen molar-refractivity contribution in [3.8, 4) is 0 Å². The molecule has 7 heteroatoms. The second kappa shape index (κ2) is 11.8. The summed E-state index contributed by atoms with van der Waals surface area (Å²) in [6, 6.07) is 0. The normalized spacial score (nSPS) is 21.3. The van der Waals surface area contributed by atoms with Gasteiger partial charge in [0, 0.05) is 52.2 Å². The average Bonchev–Trinajstić information content (AvgIpc) is 3.39. The number of fused-ring (bicyclic) bond motifs is 1. The van der Waals surface area contributed by atoms with E-state index in [0.717, 1.165) is 89.1 Å². The van der Waals surface area contributed by atoms with Crippen LogP contribution in [-0.2, 0) is 24.1 Å². The van der Waals surface area contributed by atoms with Gasteiger partial charge >= 0.3 is 0 Å². The maximum atomic E-state index is 6.25. The minimum Gasteiger partial charge on any atom is -0.378 e. The first-order valence-corrected chi connectivity index (χ1v) is 12.9. The van der Waals surface area contributed by atoms with Crippen LogP contribution in [0.25, 0.3) is 0 Å². The number of aliphatic imine (C=N–C) groups is 1. The quantitative estimate of drug-likeness (QED) is 0.388. The first-order chi connectivity index (χ1) is 15.3. The molecular formula is C24H42N6O. The smallest absolute Gasteiger partial charge is 0.193 e. The van der Waals surface area contributed by atoms with Crippen molar-refractivity contribution in [2.75, 3.05) is 32.8 Å². The lowest BCUT2D eigenvalue weighted by atomic mass is 10.1. The van der Waals surface area contributed by atoms with E-state index in [1.165, 1.54) is 50.8 Å². The van der Waals surface area contributed by atoms with Gasteiger partial charge in [-0.05, 0) is 57.8 Å². The maximum absolute atomic E-state index is 6.25. The van der Waals surface area contributed by atoms with E-state index < -0.39 is 0 Å². The van der Waals surface area contributed by atoms with E-state index in [1.54, 1.807) is 0 Å². The Balaban J connectivity index is 1.21. The van der Waals surface area contributed by atoms with Gasteiger partial charge in [-0.2, -0.15) is 0 Å². The van der Waals surface area contributed by atoms with Crippen molar-refractivity contribution in [1.29, 1.82) is 0 Å². The summed E-state index contributed by atoms with van der Waals surface area (Å²) in [6.45, 7) is 8.04. The van der Waals surface area contributed by atoms with E-state index in [9.17, 15) is 0 Å². The van der Waals surface area contributed by atoms with Gasteiger partial charge in [-0.25, -0.2) is 0 Å². The number of aromatic nitrogens is 3. The predicted octanol–water partition coefficient (Wildman–Crippen LogP) is 3.57. The molecule has 0 aromatic carbocycles. The van der Waals surface area contributed by atoms with E-state index >= 15 is 0 Å². The molecule has 1 aromatic heterocycles. The van der Waals surface area contributed by atoms with Crippen LogP contribution in [0.15, 0.2) is 4.99 Å². The minimum atomic E-state index is 0.433. The van der Waals surface area contributed by atoms with Crippen molar-refractivity contribution >= 4 is 5.96 Å². The Morgan fingerprint density at radius 3 is 2.68 bits per heavy atom. The summed E-state index contributed by atoms with van der Waals surface area (Å²) in [5.41, 5.74) is 0. The summed E-state index contributed by atoms with van der Waals surface area (Å²) in [5.74, 6) is 4.22. The number of hydrogen-bond donors (Lipinski definition) is 1. The molecule has 1 aromatic rings. The number of piperidine rings is 1. The summed E-state index contributed by atoms with van der Waals surface area (Å²) in [5, 5.41) is 12.4. The molecule has 0 radical (unpaired) electrons. The third-order valence-electron chi connectivity index (χ3n) is 7.12. The third kappa shape index (κ3) is 6.43. The van der Waals surface area contributed by atoms with Gasteiger partial charge in [0.15, 0.2) is 5.96 Å². The van der Waals surface area contributed by atoms with Gasteiger partial charge in [0.1, 0.15) is 11.6 Å². The molecule has 3 heterocycles. The highest BCUT2D eigenvalue weighted by atomic mass is 16.5. The van der Waals surface area contributed by atoms with Crippen molar-refractivity contribution in [2.24, 2.45) is 10.9 Å². The summed E-state index contributed by atoms with van der Waals surface area (Å²) in [7, 11) is 0. The third-order valence-corrected chi connectivity index (χ3v) is 7.12. The fraction of sp³-hybridized carbons (Fsp3) is 0.875. The molecular weight excluding hydrogens is 388 g/mol. The molecule has 7 nitrogen and oxygen atoms in total. The van der Waals surface area contributed by atoms with Crippen molar-refractivity contribution in [3.05, 3.63) is 11.6 Å². The van der Waals surface area contributed by atoms with Crippen molar-refractivity contribution in [1.82, 2.24) is 25.0 Å². The summed E-state index contributed by atoms with van der Waals surface area (Å²) in [4.78, 5) is 7.35. The Hall–Kier alpha value is -1.63. The number of guanidine groups is 1. The number of ether oxygens (including phenoxy) is 1. The molecule has 1 saturated heterocycles. The van der Waals surface area contributed by atoms with E-state index in [1.807, 2.05) is 0 Å². The molecule has 4 rings (SSSR count). The molecule has 2 fully saturated rings. The standard InChI is InChI=1S/C24H42N6O/c1-2-25-24(29-17-13-21(14-18-29)31-19-20-9-5-6-10-20)26-15-8-12-23-28-27-22-11-4-3-7-16-30(22)23/h20-21H,2-19H2,1H3,(H,25,26). The summed E-state index contributed by atoms with van der Waals surface area (Å²) < 4.78 is 8.61. The van der Waals surface area contributed by atoms with E-state index in [-0.39, 0.29) is 0 Å². The maximum Gasteiger partial charge on any atom is 0.193 e. The Labute approximate surface area is 188 Å². The van der Waals surface area contributed by atoms with Crippen molar-refractivity contribution < 1.29 is 4.74 Å². The minimum absolute atomic E-state index is 0.433. The fourth-order valence-electron chi connectivity index (χ4n) is 5.26. The van der Waals surface area contributed by atoms with Gasteiger partial charge in [-0.15, -0.1) is 10.2 Å². The van der Waals surface area contributed by atoms with Crippen LogP contribution < -0.4 is 5.32 Å². The molecule has 1 saturated carbocycles. The topological polar surface area (TPSA) is 67.6 Å². The fourth-order valence-corrected chi connectivity index (χ4v) is 5.26. The zero-order valence-corrected chi connectivity index (χ0v) is 19.5. The molecule has 0 bridgehead atoms. The number of hydrogen-bond acceptors (Lipinski definition) is 4. The van der Waals surface area contributed by atoms with Gasteiger partial charge in [0.05, 0.1) is 6.10 Å². The Morgan fingerprint density at radius 2 is 1.87 bits per heavy atom. The average molecular weight is 431 g/mol. The highest BCUT2D eigenvalue weighted by Crippen LogP contribution is 2.26. The summed E-state index contributed by atoms with van der Waals surface area (Å²) >= 11 is 0. The Bertz CT molecular complexity index is 688.